The molecule has 1 fully saturated rings. The van der Waals surface area contributed by atoms with Gasteiger partial charge in [0.25, 0.3) is 6.54 Å². The van der Waals surface area contributed by atoms with Gasteiger partial charge >= 0.3 is 0 Å². The number of thioether (sulfide) groups is 1. The molecule has 0 spiro atoms. The summed E-state index contributed by atoms with van der Waals surface area (Å²) in [6.45, 7) is 4.81. The Hall–Kier alpha value is -1.67. The summed E-state index contributed by atoms with van der Waals surface area (Å²) in [5, 5.41) is 16.6. The monoisotopic (exact) mass is 397 g/mol. The van der Waals surface area contributed by atoms with Crippen LogP contribution in [0.1, 0.15) is 10.7 Å². The number of nitrogens with one attached hydrogen (secondary N) is 1. The molecule has 2 rings (SSSR count). The van der Waals surface area contributed by atoms with Gasteiger partial charge in [-0.2, -0.15) is 11.8 Å². The smallest absolute Gasteiger partial charge is 0.259 e. The molecule has 0 unspecified atom stereocenters. The normalized spacial score (nSPS) is 15.6. The number of ether oxygens (including phenoxy) is 1. The molecule has 142 valence electrons. The highest BCUT2D eigenvalue weighted by atomic mass is 32.2. The Morgan fingerprint density at radius 3 is 3.12 bits per heavy atom. The average Bonchev–Trinajstić information content (AvgIpc) is 3.07. The van der Waals surface area contributed by atoms with E-state index in [9.17, 15) is 10.1 Å². The number of thiazole rings is 1. The summed E-state index contributed by atoms with van der Waals surface area (Å²) in [5.41, 5.74) is 1.07. The summed E-state index contributed by atoms with van der Waals surface area (Å²) in [5.74, 6) is 4.31. The third-order valence-electron chi connectivity index (χ3n) is 3.52. The maximum absolute atomic E-state index is 10.6. The van der Waals surface area contributed by atoms with Gasteiger partial charge in [0.1, 0.15) is 5.01 Å². The van der Waals surface area contributed by atoms with Crippen molar-refractivity contribution in [3.05, 3.63) is 26.2 Å². The van der Waals surface area contributed by atoms with E-state index in [0.717, 1.165) is 55.1 Å². The van der Waals surface area contributed by atoms with E-state index in [4.69, 9.17) is 11.2 Å². The number of aliphatic imine (C=N–C) groups is 1. The number of morpholine rings is 1. The molecule has 0 radical (unpaired) electrons. The third-order valence-corrected chi connectivity index (χ3v) is 5.38. The van der Waals surface area contributed by atoms with Gasteiger partial charge < -0.3 is 10.1 Å². The second-order valence-corrected chi connectivity index (χ2v) is 7.60. The SMILES string of the molecule is C#CCNC(C[N+](=O)[O-])=NCCSCc1csc(CN2CCOCC2)n1. The van der Waals surface area contributed by atoms with Gasteiger partial charge in [-0.3, -0.25) is 20.0 Å². The van der Waals surface area contributed by atoms with Crippen LogP contribution in [-0.4, -0.2) is 72.3 Å². The van der Waals surface area contributed by atoms with Crippen molar-refractivity contribution in [2.75, 3.05) is 51.7 Å². The number of rotatable bonds is 10. The number of amidine groups is 1. The highest BCUT2D eigenvalue weighted by Crippen LogP contribution is 2.17. The number of hydrogen-bond donors (Lipinski definition) is 1. The Bertz CT molecular complexity index is 638. The molecular weight excluding hydrogens is 374 g/mol. The summed E-state index contributed by atoms with van der Waals surface area (Å²) >= 11 is 3.41. The zero-order valence-corrected chi connectivity index (χ0v) is 16.2. The first-order chi connectivity index (χ1) is 12.7. The standard InChI is InChI=1S/C16H23N5O3S2/c1-2-3-17-15(10-21(22)23)18-4-9-25-12-14-13-26-16(19-14)11-20-5-7-24-8-6-20/h1,13H,3-12H2,(H,17,18). The number of terminal acetylenes is 1. The summed E-state index contributed by atoms with van der Waals surface area (Å²) in [6, 6.07) is 0. The summed E-state index contributed by atoms with van der Waals surface area (Å²) in [4.78, 5) is 21.4. The largest absolute Gasteiger partial charge is 0.379 e. The number of aromatic nitrogens is 1. The molecule has 0 aliphatic carbocycles. The van der Waals surface area contributed by atoms with Crippen LogP contribution < -0.4 is 5.32 Å². The summed E-state index contributed by atoms with van der Waals surface area (Å²) in [6.07, 6.45) is 5.15. The molecule has 0 amide bonds. The van der Waals surface area contributed by atoms with Crippen molar-refractivity contribution < 1.29 is 9.66 Å². The van der Waals surface area contributed by atoms with Gasteiger partial charge in [0, 0.05) is 34.9 Å². The van der Waals surface area contributed by atoms with Crippen LogP contribution >= 0.6 is 23.1 Å². The maximum atomic E-state index is 10.6. The lowest BCUT2D eigenvalue weighted by Crippen LogP contribution is -2.35. The zero-order chi connectivity index (χ0) is 18.6. The second kappa shape index (κ2) is 11.9. The quantitative estimate of drug-likeness (QED) is 0.158. The fourth-order valence-corrected chi connectivity index (χ4v) is 3.96. The summed E-state index contributed by atoms with van der Waals surface area (Å²) < 4.78 is 5.35. The molecule has 1 saturated heterocycles. The number of nitro groups is 1. The van der Waals surface area contributed by atoms with Crippen LogP contribution in [0.3, 0.4) is 0 Å². The van der Waals surface area contributed by atoms with Gasteiger partial charge in [-0.1, -0.05) is 5.92 Å². The third kappa shape index (κ3) is 8.14. The molecule has 1 aliphatic rings. The first kappa shape index (κ1) is 20.6. The molecule has 1 N–H and O–H groups in total. The predicted molar refractivity (Wildman–Crippen MR) is 105 cm³/mol. The molecule has 2 heterocycles. The maximum Gasteiger partial charge on any atom is 0.259 e. The minimum Gasteiger partial charge on any atom is -0.379 e. The molecule has 0 bridgehead atoms. The predicted octanol–water partition coefficient (Wildman–Crippen LogP) is 1.11. The van der Waals surface area contributed by atoms with Crippen LogP contribution in [-0.2, 0) is 17.0 Å². The van der Waals surface area contributed by atoms with Gasteiger partial charge in [0.15, 0.2) is 5.84 Å². The van der Waals surface area contributed by atoms with Crippen molar-refractivity contribution >= 4 is 28.9 Å². The molecule has 0 atom stereocenters. The van der Waals surface area contributed by atoms with Gasteiger partial charge in [0.05, 0.1) is 38.5 Å². The lowest BCUT2D eigenvalue weighted by Gasteiger charge is -2.25. The lowest BCUT2D eigenvalue weighted by atomic mass is 10.4. The van der Waals surface area contributed by atoms with Crippen molar-refractivity contribution in [3.63, 3.8) is 0 Å². The van der Waals surface area contributed by atoms with E-state index < -0.39 is 4.92 Å². The van der Waals surface area contributed by atoms with Crippen LogP contribution in [0.2, 0.25) is 0 Å². The Balaban J connectivity index is 1.67. The number of hydrogen-bond acceptors (Lipinski definition) is 8. The van der Waals surface area contributed by atoms with Crippen LogP contribution in [0.25, 0.3) is 0 Å². The van der Waals surface area contributed by atoms with Crippen molar-refractivity contribution in [3.8, 4) is 12.3 Å². The molecule has 10 heteroatoms. The number of nitrogens with zero attached hydrogens (tertiary/aromatic N) is 4. The average molecular weight is 398 g/mol. The van der Waals surface area contributed by atoms with Crippen LogP contribution in [0.4, 0.5) is 0 Å². The molecule has 1 aromatic heterocycles. The van der Waals surface area contributed by atoms with E-state index in [1.54, 1.807) is 23.1 Å². The molecule has 1 aromatic rings. The highest BCUT2D eigenvalue weighted by Gasteiger charge is 2.12. The minimum atomic E-state index is -0.416. The Morgan fingerprint density at radius 2 is 2.38 bits per heavy atom. The molecular formula is C16H23N5O3S2. The Morgan fingerprint density at radius 1 is 1.58 bits per heavy atom. The van der Waals surface area contributed by atoms with Gasteiger partial charge in [-0.05, 0) is 0 Å². The molecule has 1 aliphatic heterocycles. The minimum absolute atomic E-state index is 0.241. The zero-order valence-electron chi connectivity index (χ0n) is 14.6. The van der Waals surface area contributed by atoms with Gasteiger partial charge in [-0.25, -0.2) is 4.98 Å². The van der Waals surface area contributed by atoms with Crippen molar-refractivity contribution in [2.24, 2.45) is 4.99 Å². The second-order valence-electron chi connectivity index (χ2n) is 5.55. The van der Waals surface area contributed by atoms with Crippen molar-refractivity contribution in [1.29, 1.82) is 0 Å². The summed E-state index contributed by atoms with van der Waals surface area (Å²) in [7, 11) is 0. The van der Waals surface area contributed by atoms with Crippen molar-refractivity contribution in [1.82, 2.24) is 15.2 Å². The lowest BCUT2D eigenvalue weighted by molar-refractivity contribution is -0.463. The highest BCUT2D eigenvalue weighted by molar-refractivity contribution is 7.98. The first-order valence-corrected chi connectivity index (χ1v) is 10.3. The van der Waals surface area contributed by atoms with E-state index in [-0.39, 0.29) is 13.1 Å². The first-order valence-electron chi connectivity index (χ1n) is 8.31. The van der Waals surface area contributed by atoms with E-state index in [0.29, 0.717) is 12.4 Å². The van der Waals surface area contributed by atoms with Crippen molar-refractivity contribution in [2.45, 2.75) is 12.3 Å². The van der Waals surface area contributed by atoms with E-state index in [1.807, 2.05) is 0 Å². The Labute approximate surface area is 161 Å². The van der Waals surface area contributed by atoms with Crippen LogP contribution in [0, 0.1) is 22.5 Å². The fraction of sp³-hybridized carbons (Fsp3) is 0.625. The molecule has 8 nitrogen and oxygen atoms in total. The topological polar surface area (TPSA) is 92.9 Å². The molecule has 0 saturated carbocycles. The molecule has 26 heavy (non-hydrogen) atoms. The van der Waals surface area contributed by atoms with Crippen LogP contribution in [0.5, 0.6) is 0 Å². The van der Waals surface area contributed by atoms with E-state index >= 15 is 0 Å². The van der Waals surface area contributed by atoms with Crippen LogP contribution in [0.15, 0.2) is 10.4 Å². The fourth-order valence-electron chi connectivity index (χ4n) is 2.30. The van der Waals surface area contributed by atoms with E-state index in [1.165, 1.54) is 0 Å². The molecule has 0 aromatic carbocycles. The Kier molecular flexibility index (Phi) is 9.41. The van der Waals surface area contributed by atoms with Gasteiger partial charge in [0.2, 0.25) is 0 Å². The van der Waals surface area contributed by atoms with E-state index in [2.05, 4.69) is 31.5 Å². The van der Waals surface area contributed by atoms with Gasteiger partial charge in [-0.15, -0.1) is 17.8 Å².